The van der Waals surface area contributed by atoms with E-state index in [2.05, 4.69) is 0 Å². The second-order valence-corrected chi connectivity index (χ2v) is 13.7. The molecule has 206 valence electrons. The number of ether oxygens (including phenoxy) is 1. The zero-order valence-corrected chi connectivity index (χ0v) is 24.2. The number of fused-ring (bicyclic) bond motifs is 1. The average Bonchev–Trinajstić information content (AvgIpc) is 3.36. The van der Waals surface area contributed by atoms with Gasteiger partial charge in [0.1, 0.15) is 17.9 Å². The average molecular weight is 589 g/mol. The molecule has 0 amide bonds. The maximum atomic E-state index is 14.3. The van der Waals surface area contributed by atoms with Crippen LogP contribution in [0.25, 0.3) is 11.1 Å². The van der Waals surface area contributed by atoms with Crippen LogP contribution in [0, 0.1) is 0 Å². The Morgan fingerprint density at radius 3 is 2.31 bits per heavy atom. The van der Waals surface area contributed by atoms with Crippen molar-refractivity contribution in [1.82, 2.24) is 4.31 Å². The number of halogens is 2. The number of sulfonamides is 1. The zero-order valence-electron chi connectivity index (χ0n) is 21.9. The zero-order chi connectivity index (χ0) is 28.0. The van der Waals surface area contributed by atoms with Crippen LogP contribution in [0.2, 0.25) is 10.0 Å². The maximum absolute atomic E-state index is 14.3. The van der Waals surface area contributed by atoms with E-state index in [1.807, 2.05) is 38.1 Å². The van der Waals surface area contributed by atoms with Gasteiger partial charge in [0.15, 0.2) is 0 Å². The van der Waals surface area contributed by atoms with Gasteiger partial charge in [0.25, 0.3) is 0 Å². The quantitative estimate of drug-likeness (QED) is 0.313. The number of carbonyl (C=O) groups is 1. The van der Waals surface area contributed by atoms with E-state index in [9.17, 15) is 18.3 Å². The molecule has 1 fully saturated rings. The molecule has 9 heteroatoms. The molecule has 0 radical (unpaired) electrons. The van der Waals surface area contributed by atoms with Gasteiger partial charge < -0.3 is 9.84 Å². The first-order valence-electron chi connectivity index (χ1n) is 13.0. The SMILES string of the molecule is CC1(C)CCc2cc(S(=O)(=O)N(CC(=O)O)C3(c4cccc(-c5cc(Cl)cc(Cl)c5)c4)CCCC3)ccc2O1. The van der Waals surface area contributed by atoms with Crippen LogP contribution in [-0.2, 0) is 26.8 Å². The highest BCUT2D eigenvalue weighted by Gasteiger charge is 2.48. The summed E-state index contributed by atoms with van der Waals surface area (Å²) in [4.78, 5) is 12.2. The van der Waals surface area contributed by atoms with E-state index in [0.717, 1.165) is 41.5 Å². The highest BCUT2D eigenvalue weighted by atomic mass is 35.5. The maximum Gasteiger partial charge on any atom is 0.318 e. The molecule has 0 unspecified atom stereocenters. The minimum absolute atomic E-state index is 0.0786. The Morgan fingerprint density at radius 2 is 1.64 bits per heavy atom. The number of carboxylic acids is 1. The number of aryl methyl sites for hydroxylation is 1. The van der Waals surface area contributed by atoms with Crippen LogP contribution in [0.1, 0.15) is 57.1 Å². The molecule has 1 aliphatic carbocycles. The molecule has 0 bridgehead atoms. The Balaban J connectivity index is 1.61. The summed E-state index contributed by atoms with van der Waals surface area (Å²) >= 11 is 12.5. The summed E-state index contributed by atoms with van der Waals surface area (Å²) in [7, 11) is -4.18. The molecule has 1 N–H and O–H groups in total. The molecule has 1 saturated carbocycles. The Hall–Kier alpha value is -2.58. The molecule has 0 aromatic heterocycles. The lowest BCUT2D eigenvalue weighted by atomic mass is 9.86. The molecule has 39 heavy (non-hydrogen) atoms. The fourth-order valence-electron chi connectivity index (χ4n) is 5.86. The van der Waals surface area contributed by atoms with Crippen LogP contribution < -0.4 is 4.74 Å². The number of hydrogen-bond donors (Lipinski definition) is 1. The van der Waals surface area contributed by atoms with Crippen molar-refractivity contribution in [3.63, 3.8) is 0 Å². The fraction of sp³-hybridized carbons (Fsp3) is 0.367. The number of aliphatic carboxylic acids is 1. The molecule has 6 nitrogen and oxygen atoms in total. The third-order valence-corrected chi connectivity index (χ3v) is 10.1. The minimum Gasteiger partial charge on any atom is -0.488 e. The van der Waals surface area contributed by atoms with E-state index in [1.54, 1.807) is 30.3 Å². The summed E-state index contributed by atoms with van der Waals surface area (Å²) in [5.74, 6) is -0.538. The van der Waals surface area contributed by atoms with Crippen molar-refractivity contribution in [3.05, 3.63) is 81.8 Å². The fourth-order valence-corrected chi connectivity index (χ4v) is 8.20. The van der Waals surface area contributed by atoms with E-state index in [4.69, 9.17) is 27.9 Å². The molecular weight excluding hydrogens is 557 g/mol. The number of benzene rings is 3. The summed E-state index contributed by atoms with van der Waals surface area (Å²) in [5, 5.41) is 10.9. The Bertz CT molecular complexity index is 1510. The number of nitrogens with zero attached hydrogens (tertiary/aromatic N) is 1. The van der Waals surface area contributed by atoms with E-state index >= 15 is 0 Å². The molecule has 3 aromatic carbocycles. The van der Waals surface area contributed by atoms with Gasteiger partial charge in [0.05, 0.1) is 10.4 Å². The number of hydrogen-bond acceptors (Lipinski definition) is 4. The van der Waals surface area contributed by atoms with Gasteiger partial charge in [0, 0.05) is 10.0 Å². The van der Waals surface area contributed by atoms with Crippen LogP contribution >= 0.6 is 23.2 Å². The summed E-state index contributed by atoms with van der Waals surface area (Å²) in [6, 6.07) is 17.7. The van der Waals surface area contributed by atoms with Crippen molar-refractivity contribution in [2.24, 2.45) is 0 Å². The van der Waals surface area contributed by atoms with Crippen molar-refractivity contribution in [1.29, 1.82) is 0 Å². The lowest BCUT2D eigenvalue weighted by Crippen LogP contribution is -2.50. The molecule has 3 aromatic rings. The molecule has 5 rings (SSSR count). The van der Waals surface area contributed by atoms with Crippen LogP contribution in [0.3, 0.4) is 0 Å². The van der Waals surface area contributed by atoms with Gasteiger partial charge in [-0.05, 0) is 104 Å². The van der Waals surface area contributed by atoms with Crippen LogP contribution in [0.4, 0.5) is 0 Å². The van der Waals surface area contributed by atoms with Crippen molar-refractivity contribution in [2.75, 3.05) is 6.54 Å². The predicted molar refractivity (Wildman–Crippen MR) is 153 cm³/mol. The highest BCUT2D eigenvalue weighted by Crippen LogP contribution is 2.47. The number of carboxylic acid groups (broad SMARTS) is 1. The molecular formula is C30H31Cl2NO5S. The molecule has 0 atom stereocenters. The molecule has 0 saturated heterocycles. The lowest BCUT2D eigenvalue weighted by Gasteiger charge is -2.40. The topological polar surface area (TPSA) is 83.9 Å². The summed E-state index contributed by atoms with van der Waals surface area (Å²) in [6.45, 7) is 3.37. The smallest absolute Gasteiger partial charge is 0.318 e. The number of rotatable bonds is 7. The standard InChI is InChI=1S/C30H31Cl2NO5S/c1-29(2)13-10-21-17-26(8-9-27(21)38-29)39(36,37)33(19-28(34)35)30(11-3-4-12-30)23-7-5-6-20(14-23)22-15-24(31)18-25(32)16-22/h5-9,14-18H,3-4,10-13,19H2,1-2H3,(H,34,35). The third kappa shape index (κ3) is 5.55. The summed E-state index contributed by atoms with van der Waals surface area (Å²) in [6.07, 6.45) is 4.04. The van der Waals surface area contributed by atoms with Gasteiger partial charge in [-0.2, -0.15) is 4.31 Å². The lowest BCUT2D eigenvalue weighted by molar-refractivity contribution is -0.138. The second kappa shape index (κ2) is 10.4. The van der Waals surface area contributed by atoms with Crippen molar-refractivity contribution >= 4 is 39.2 Å². The molecule has 0 spiro atoms. The molecule has 2 aliphatic rings. The predicted octanol–water partition coefficient (Wildman–Crippen LogP) is 7.31. The Morgan fingerprint density at radius 1 is 0.949 bits per heavy atom. The first kappa shape index (κ1) is 28.0. The van der Waals surface area contributed by atoms with Gasteiger partial charge in [0.2, 0.25) is 10.0 Å². The van der Waals surface area contributed by atoms with Gasteiger partial charge in [-0.25, -0.2) is 8.42 Å². The minimum atomic E-state index is -4.18. The van der Waals surface area contributed by atoms with Gasteiger partial charge in [-0.1, -0.05) is 54.2 Å². The van der Waals surface area contributed by atoms with Crippen LogP contribution in [0.15, 0.2) is 65.6 Å². The normalized spacial score (nSPS) is 18.0. The Kier molecular flexibility index (Phi) is 7.48. The van der Waals surface area contributed by atoms with Gasteiger partial charge >= 0.3 is 5.97 Å². The van der Waals surface area contributed by atoms with Gasteiger partial charge in [-0.15, -0.1) is 0 Å². The van der Waals surface area contributed by atoms with E-state index in [0.29, 0.717) is 35.1 Å². The van der Waals surface area contributed by atoms with Crippen molar-refractivity contribution in [3.8, 4) is 16.9 Å². The summed E-state index contributed by atoms with van der Waals surface area (Å²) < 4.78 is 35.8. The second-order valence-electron chi connectivity index (χ2n) is 11.0. The first-order valence-corrected chi connectivity index (χ1v) is 15.2. The Labute approximate surface area is 239 Å². The highest BCUT2D eigenvalue weighted by molar-refractivity contribution is 7.89. The summed E-state index contributed by atoms with van der Waals surface area (Å²) in [5.41, 5.74) is 1.85. The van der Waals surface area contributed by atoms with E-state index in [1.165, 1.54) is 10.4 Å². The molecule has 1 heterocycles. The third-order valence-electron chi connectivity index (χ3n) is 7.79. The first-order chi connectivity index (χ1) is 18.4. The monoisotopic (exact) mass is 587 g/mol. The van der Waals surface area contributed by atoms with E-state index in [-0.39, 0.29) is 10.5 Å². The van der Waals surface area contributed by atoms with E-state index < -0.39 is 28.1 Å². The van der Waals surface area contributed by atoms with Crippen LogP contribution in [0.5, 0.6) is 5.75 Å². The van der Waals surface area contributed by atoms with Crippen LogP contribution in [-0.4, -0.2) is 35.9 Å². The van der Waals surface area contributed by atoms with Crippen molar-refractivity contribution < 1.29 is 23.1 Å². The van der Waals surface area contributed by atoms with Gasteiger partial charge in [-0.3, -0.25) is 4.79 Å². The largest absolute Gasteiger partial charge is 0.488 e. The van der Waals surface area contributed by atoms with Crippen molar-refractivity contribution in [2.45, 2.75) is 68.4 Å². The molecule has 1 aliphatic heterocycles.